The van der Waals surface area contributed by atoms with E-state index in [1.54, 1.807) is 0 Å². The molecule has 0 spiro atoms. The minimum absolute atomic E-state index is 0. The maximum atomic E-state index is 7.94. The summed E-state index contributed by atoms with van der Waals surface area (Å²) in [6.07, 6.45) is 0. The molecule has 0 aliphatic carbocycles. The summed E-state index contributed by atoms with van der Waals surface area (Å²) in [5.41, 5.74) is 0. The van der Waals surface area contributed by atoms with Gasteiger partial charge in [-0.2, -0.15) is 0 Å². The standard InChI is InChI=1S/Co.Li.2Mn.Ni.O. The Morgan fingerprint density at radius 2 is 1.00 bits per heavy atom. The van der Waals surface area contributed by atoms with Crippen molar-refractivity contribution in [3.63, 3.8) is 0 Å². The Balaban J connectivity index is -0.000000000833. The summed E-state index contributed by atoms with van der Waals surface area (Å²) >= 11 is 2.31. The number of hydrogen-bond acceptors (Lipinski definition) is 1. The Labute approximate surface area is 88.0 Å². The van der Waals surface area contributed by atoms with Crippen LogP contribution in [0.5, 0.6) is 0 Å². The van der Waals surface area contributed by atoms with E-state index in [0.29, 0.717) is 0 Å². The molecule has 0 saturated carbocycles. The predicted octanol–water partition coefficient (Wildman–Crippen LogP) is -0.510. The molecular formula is CoLiMn2NiO. The van der Waals surface area contributed by atoms with E-state index in [4.69, 9.17) is 3.87 Å². The molecule has 0 aromatic rings. The van der Waals surface area contributed by atoms with Crippen molar-refractivity contribution in [2.45, 2.75) is 0 Å². The molecule has 0 saturated heterocycles. The van der Waals surface area contributed by atoms with Crippen molar-refractivity contribution in [3.05, 3.63) is 0 Å². The van der Waals surface area contributed by atoms with Crippen molar-refractivity contribution in [1.82, 2.24) is 0 Å². The molecular weight excluding hydrogens is 250 g/mol. The Kier molecular flexibility index (Phi) is 342. The second-order valence-corrected chi connectivity index (χ2v) is 0. The van der Waals surface area contributed by atoms with E-state index in [2.05, 4.69) is 15.7 Å². The van der Waals surface area contributed by atoms with Crippen LogP contribution in [-0.2, 0) is 70.2 Å². The number of rotatable bonds is 0. The van der Waals surface area contributed by atoms with Crippen LogP contribution >= 0.6 is 0 Å². The first-order chi connectivity index (χ1) is 1.00. The summed E-state index contributed by atoms with van der Waals surface area (Å²) in [4.78, 5) is 0. The van der Waals surface area contributed by atoms with E-state index in [0.717, 1.165) is 0 Å². The number of hydrogen-bond donors (Lipinski definition) is 0. The summed E-state index contributed by atoms with van der Waals surface area (Å²) < 4.78 is 7.94. The molecule has 6 heteroatoms. The second-order valence-electron chi connectivity index (χ2n) is 0. The molecule has 0 bridgehead atoms. The van der Waals surface area contributed by atoms with Gasteiger partial charge >= 0.3 is 19.5 Å². The maximum absolute atomic E-state index is 7.94. The van der Waals surface area contributed by atoms with E-state index >= 15 is 0 Å². The minimum atomic E-state index is 0. The first-order valence-corrected chi connectivity index (χ1v) is 0.561. The van der Waals surface area contributed by atoms with Crippen LogP contribution in [0.1, 0.15) is 0 Å². The molecule has 0 fully saturated rings. The third kappa shape index (κ3) is 32.0. The van der Waals surface area contributed by atoms with Crippen molar-refractivity contribution in [2.24, 2.45) is 0 Å². The van der Waals surface area contributed by atoms with E-state index < -0.39 is 0 Å². The molecule has 0 amide bonds. The van der Waals surface area contributed by atoms with E-state index in [1.807, 2.05) is 0 Å². The normalized spacial score (nSPS) is 0.833. The molecule has 0 aliphatic heterocycles. The molecule has 0 aromatic carbocycles. The van der Waals surface area contributed by atoms with Crippen molar-refractivity contribution in [2.75, 3.05) is 0 Å². The average Bonchev–Trinajstić information content (AvgIpc) is 1.00. The molecule has 1 nitrogen and oxygen atoms in total. The average molecular weight is 250 g/mol. The van der Waals surface area contributed by atoms with Crippen LogP contribution in [-0.4, -0.2) is 18.9 Å². The Hall–Kier alpha value is 2.44. The third-order valence-corrected chi connectivity index (χ3v) is 0. The van der Waals surface area contributed by atoms with Gasteiger partial charge in [0.2, 0.25) is 0 Å². The van der Waals surface area contributed by atoms with Crippen LogP contribution in [0.4, 0.5) is 0 Å². The fourth-order valence-electron chi connectivity index (χ4n) is 0. The summed E-state index contributed by atoms with van der Waals surface area (Å²) in [5.74, 6) is 0. The van der Waals surface area contributed by atoms with Crippen LogP contribution in [0.3, 0.4) is 0 Å². The predicted molar refractivity (Wildman–Crippen MR) is 6.44 cm³/mol. The summed E-state index contributed by atoms with van der Waals surface area (Å²) in [5, 5.41) is 0. The van der Waals surface area contributed by atoms with Gasteiger partial charge in [-0.1, -0.05) is 0 Å². The fourth-order valence-corrected chi connectivity index (χ4v) is 0. The first kappa shape index (κ1) is 39.5. The zero-order valence-electron chi connectivity index (χ0n) is 2.81. The zero-order valence-corrected chi connectivity index (χ0v) is 7.20. The summed E-state index contributed by atoms with van der Waals surface area (Å²) in [6.45, 7) is 0. The van der Waals surface area contributed by atoms with Gasteiger partial charge in [-0.3, -0.25) is 0 Å². The van der Waals surface area contributed by atoms with Crippen LogP contribution in [0.25, 0.3) is 0 Å². The fraction of sp³-hybridized carbons (Fsp3) is 0. The molecule has 0 N–H and O–H groups in total. The monoisotopic (exact) mass is 250 g/mol. The van der Waals surface area contributed by atoms with E-state index in [9.17, 15) is 0 Å². The van der Waals surface area contributed by atoms with Gasteiger partial charge in [0.25, 0.3) is 0 Å². The topological polar surface area (TPSA) is 17.1 Å². The molecule has 0 heterocycles. The van der Waals surface area contributed by atoms with Gasteiger partial charge in [-0.25, -0.2) is 0 Å². The molecule has 0 atom stereocenters. The molecule has 0 aliphatic rings. The Morgan fingerprint density at radius 1 is 1.00 bits per heavy atom. The van der Waals surface area contributed by atoms with E-state index in [1.165, 1.54) is 0 Å². The van der Waals surface area contributed by atoms with Crippen molar-refractivity contribution in [3.8, 4) is 0 Å². The molecule has 0 unspecified atom stereocenters. The van der Waals surface area contributed by atoms with Gasteiger partial charge in [-0.15, -0.1) is 0 Å². The van der Waals surface area contributed by atoms with Crippen molar-refractivity contribution >= 4 is 18.9 Å². The van der Waals surface area contributed by atoms with Crippen molar-refractivity contribution in [1.29, 1.82) is 0 Å². The molecule has 3 radical (unpaired) electrons. The van der Waals surface area contributed by atoms with Gasteiger partial charge in [0.15, 0.2) is 0 Å². The van der Waals surface area contributed by atoms with E-state index in [-0.39, 0.29) is 69.5 Å². The van der Waals surface area contributed by atoms with Gasteiger partial charge < -0.3 is 0 Å². The van der Waals surface area contributed by atoms with Gasteiger partial charge in [0.1, 0.15) is 0 Å². The second kappa shape index (κ2) is 51.9. The van der Waals surface area contributed by atoms with Crippen LogP contribution in [0, 0.1) is 0 Å². The van der Waals surface area contributed by atoms with Crippen molar-refractivity contribution < 1.29 is 70.2 Å². The van der Waals surface area contributed by atoms with Crippen LogP contribution < -0.4 is 0 Å². The van der Waals surface area contributed by atoms with Gasteiger partial charge in [0.05, 0.1) is 0 Å². The molecule has 0 aromatic heterocycles. The quantitative estimate of drug-likeness (QED) is 0.529. The first-order valence-electron chi connectivity index (χ1n) is 0.136. The van der Waals surface area contributed by atoms with Crippen LogP contribution in [0.15, 0.2) is 0 Å². The summed E-state index contributed by atoms with van der Waals surface area (Å²) in [6, 6.07) is 0. The van der Waals surface area contributed by atoms with Gasteiger partial charge in [-0.05, 0) is 0 Å². The molecule has 6 heavy (non-hydrogen) atoms. The Bertz CT molecular complexity index is 13.5. The summed E-state index contributed by atoms with van der Waals surface area (Å²) in [7, 11) is 0. The SMILES string of the molecule is [Li].[Mn].[Mn].[Ni].[O]=[Co]. The van der Waals surface area contributed by atoms with Gasteiger partial charge in [0, 0.05) is 69.5 Å². The third-order valence-electron chi connectivity index (χ3n) is 0. The van der Waals surface area contributed by atoms with Crippen LogP contribution in [0.2, 0.25) is 0 Å². The Morgan fingerprint density at radius 3 is 1.00 bits per heavy atom. The molecule has 40 valence electrons. The molecule has 0 rings (SSSR count). The zero-order chi connectivity index (χ0) is 2.00.